The zero-order valence-corrected chi connectivity index (χ0v) is 13.8. The van der Waals surface area contributed by atoms with Crippen LogP contribution in [0, 0.1) is 0 Å². The summed E-state index contributed by atoms with van der Waals surface area (Å²) in [5.74, 6) is -0.263. The molecule has 0 aliphatic rings. The van der Waals surface area contributed by atoms with E-state index in [2.05, 4.69) is 5.32 Å². The monoisotopic (exact) mass is 358 g/mol. The van der Waals surface area contributed by atoms with Crippen LogP contribution in [0.1, 0.15) is 21.5 Å². The first-order chi connectivity index (χ1) is 12.4. The Balaban J connectivity index is 1.66. The van der Waals surface area contributed by atoms with Gasteiger partial charge in [-0.15, -0.1) is 0 Å². The van der Waals surface area contributed by atoms with Gasteiger partial charge in [0.2, 0.25) is 0 Å². The van der Waals surface area contributed by atoms with Gasteiger partial charge >= 0.3 is 6.18 Å². The van der Waals surface area contributed by atoms with Crippen LogP contribution in [0.5, 0.6) is 0 Å². The van der Waals surface area contributed by atoms with Crippen molar-refractivity contribution in [2.45, 2.75) is 12.6 Å². The lowest BCUT2D eigenvalue weighted by molar-refractivity contribution is -0.137. The third-order valence-corrected chi connectivity index (χ3v) is 3.98. The highest BCUT2D eigenvalue weighted by Crippen LogP contribution is 2.29. The van der Waals surface area contributed by atoms with E-state index in [-0.39, 0.29) is 12.5 Å². The standard InChI is InChI=1S/C20H17F3N2O/c21-20(22,23)16-7-5-6-15(14-16)10-11-24-19(26)17-8-1-2-9-18(17)25-12-3-4-13-25/h1-9,12-14H,10-11H2,(H,24,26). The predicted molar refractivity (Wildman–Crippen MR) is 93.3 cm³/mol. The van der Waals surface area contributed by atoms with E-state index >= 15 is 0 Å². The molecule has 3 rings (SSSR count). The number of para-hydroxylation sites is 1. The Kier molecular flexibility index (Phi) is 5.11. The van der Waals surface area contributed by atoms with Crippen molar-refractivity contribution >= 4 is 5.91 Å². The van der Waals surface area contributed by atoms with Crippen molar-refractivity contribution in [3.8, 4) is 5.69 Å². The van der Waals surface area contributed by atoms with Gasteiger partial charge in [0.15, 0.2) is 0 Å². The van der Waals surface area contributed by atoms with Gasteiger partial charge < -0.3 is 9.88 Å². The lowest BCUT2D eigenvalue weighted by Gasteiger charge is -2.12. The molecular formula is C20H17F3N2O. The SMILES string of the molecule is O=C(NCCc1cccc(C(F)(F)F)c1)c1ccccc1-n1cccc1. The highest BCUT2D eigenvalue weighted by Gasteiger charge is 2.30. The number of carbonyl (C=O) groups is 1. The van der Waals surface area contributed by atoms with Crippen LogP contribution in [0.2, 0.25) is 0 Å². The molecule has 3 aromatic rings. The zero-order chi connectivity index (χ0) is 18.6. The fourth-order valence-corrected chi connectivity index (χ4v) is 2.70. The second kappa shape index (κ2) is 7.47. The summed E-state index contributed by atoms with van der Waals surface area (Å²) in [4.78, 5) is 12.5. The van der Waals surface area contributed by atoms with E-state index in [1.165, 1.54) is 6.07 Å². The van der Waals surface area contributed by atoms with Crippen LogP contribution in [0.15, 0.2) is 73.1 Å². The molecule has 0 atom stereocenters. The summed E-state index contributed by atoms with van der Waals surface area (Å²) in [6.07, 6.45) is -0.361. The first-order valence-electron chi connectivity index (χ1n) is 8.12. The molecule has 134 valence electrons. The van der Waals surface area contributed by atoms with Gasteiger partial charge in [0, 0.05) is 18.9 Å². The Labute approximate surface area is 149 Å². The van der Waals surface area contributed by atoms with Crippen molar-refractivity contribution in [3.63, 3.8) is 0 Å². The van der Waals surface area contributed by atoms with Gasteiger partial charge in [-0.3, -0.25) is 4.79 Å². The number of nitrogens with zero attached hydrogens (tertiary/aromatic N) is 1. The van der Waals surface area contributed by atoms with Crippen molar-refractivity contribution in [1.82, 2.24) is 9.88 Å². The summed E-state index contributed by atoms with van der Waals surface area (Å²) >= 11 is 0. The minimum absolute atomic E-state index is 0.250. The molecule has 0 bridgehead atoms. The van der Waals surface area contributed by atoms with Gasteiger partial charge in [0.25, 0.3) is 5.91 Å². The number of carbonyl (C=O) groups excluding carboxylic acids is 1. The van der Waals surface area contributed by atoms with Crippen molar-refractivity contribution in [1.29, 1.82) is 0 Å². The van der Waals surface area contributed by atoms with E-state index in [1.54, 1.807) is 18.2 Å². The first kappa shape index (κ1) is 17.8. The Morgan fingerprint density at radius 1 is 0.962 bits per heavy atom. The lowest BCUT2D eigenvalue weighted by atomic mass is 10.1. The van der Waals surface area contributed by atoms with Gasteiger partial charge in [-0.05, 0) is 42.3 Å². The minimum Gasteiger partial charge on any atom is -0.352 e. The summed E-state index contributed by atoms with van der Waals surface area (Å²) in [5.41, 5.74) is 1.10. The topological polar surface area (TPSA) is 34.0 Å². The predicted octanol–water partition coefficient (Wildman–Crippen LogP) is 4.47. The summed E-state index contributed by atoms with van der Waals surface area (Å²) < 4.78 is 40.1. The number of alkyl halides is 3. The number of hydrogen-bond donors (Lipinski definition) is 1. The molecule has 1 heterocycles. The average Bonchev–Trinajstić information content (AvgIpc) is 3.16. The molecule has 0 aliphatic carbocycles. The number of amides is 1. The lowest BCUT2D eigenvalue weighted by Crippen LogP contribution is -2.26. The van der Waals surface area contributed by atoms with Gasteiger partial charge in [0.1, 0.15) is 0 Å². The Morgan fingerprint density at radius 2 is 1.69 bits per heavy atom. The van der Waals surface area contributed by atoms with E-state index in [9.17, 15) is 18.0 Å². The molecular weight excluding hydrogens is 341 g/mol. The third-order valence-electron chi connectivity index (χ3n) is 3.98. The average molecular weight is 358 g/mol. The van der Waals surface area contributed by atoms with E-state index in [4.69, 9.17) is 0 Å². The molecule has 3 nitrogen and oxygen atoms in total. The maximum absolute atomic E-state index is 12.7. The zero-order valence-electron chi connectivity index (χ0n) is 13.8. The fraction of sp³-hybridized carbons (Fsp3) is 0.150. The number of hydrogen-bond acceptors (Lipinski definition) is 1. The molecule has 0 saturated heterocycles. The fourth-order valence-electron chi connectivity index (χ4n) is 2.70. The van der Waals surface area contributed by atoms with Crippen molar-refractivity contribution in [2.75, 3.05) is 6.54 Å². The molecule has 0 aliphatic heterocycles. The molecule has 0 radical (unpaired) electrons. The Bertz CT molecular complexity index is 886. The molecule has 0 spiro atoms. The molecule has 1 amide bonds. The third kappa shape index (κ3) is 4.14. The van der Waals surface area contributed by atoms with Crippen LogP contribution in [0.3, 0.4) is 0 Å². The van der Waals surface area contributed by atoms with Gasteiger partial charge in [-0.25, -0.2) is 0 Å². The number of rotatable bonds is 5. The van der Waals surface area contributed by atoms with Gasteiger partial charge in [-0.2, -0.15) is 13.2 Å². The van der Waals surface area contributed by atoms with Crippen molar-refractivity contribution < 1.29 is 18.0 Å². The summed E-state index contributed by atoms with van der Waals surface area (Å²) in [5, 5.41) is 2.77. The Morgan fingerprint density at radius 3 is 2.42 bits per heavy atom. The highest BCUT2D eigenvalue weighted by atomic mass is 19.4. The van der Waals surface area contributed by atoms with E-state index in [1.807, 2.05) is 41.2 Å². The summed E-state index contributed by atoms with van der Waals surface area (Å²) in [7, 11) is 0. The molecule has 0 unspecified atom stereocenters. The molecule has 0 fully saturated rings. The molecule has 0 saturated carbocycles. The van der Waals surface area contributed by atoms with Crippen LogP contribution in [0.4, 0.5) is 13.2 Å². The van der Waals surface area contributed by atoms with Crippen LogP contribution in [-0.2, 0) is 12.6 Å². The maximum atomic E-state index is 12.7. The number of benzene rings is 2. The van der Waals surface area contributed by atoms with Gasteiger partial charge in [0.05, 0.1) is 16.8 Å². The normalized spacial score (nSPS) is 11.3. The van der Waals surface area contributed by atoms with E-state index in [0.29, 0.717) is 17.5 Å². The largest absolute Gasteiger partial charge is 0.416 e. The van der Waals surface area contributed by atoms with Crippen LogP contribution in [0.25, 0.3) is 5.69 Å². The van der Waals surface area contributed by atoms with Crippen LogP contribution >= 0.6 is 0 Å². The number of nitrogens with one attached hydrogen (secondary N) is 1. The highest BCUT2D eigenvalue weighted by molar-refractivity contribution is 5.97. The smallest absolute Gasteiger partial charge is 0.352 e. The van der Waals surface area contributed by atoms with Crippen LogP contribution in [-0.4, -0.2) is 17.0 Å². The van der Waals surface area contributed by atoms with Crippen molar-refractivity contribution in [2.24, 2.45) is 0 Å². The first-order valence-corrected chi connectivity index (χ1v) is 8.12. The van der Waals surface area contributed by atoms with Gasteiger partial charge in [-0.1, -0.05) is 30.3 Å². The molecule has 6 heteroatoms. The molecule has 26 heavy (non-hydrogen) atoms. The van der Waals surface area contributed by atoms with E-state index in [0.717, 1.165) is 17.8 Å². The molecule has 1 aromatic heterocycles. The molecule has 1 N–H and O–H groups in total. The molecule has 2 aromatic carbocycles. The van der Waals surface area contributed by atoms with Crippen molar-refractivity contribution in [3.05, 3.63) is 89.7 Å². The van der Waals surface area contributed by atoms with E-state index < -0.39 is 11.7 Å². The summed E-state index contributed by atoms with van der Waals surface area (Å²) in [6, 6.07) is 16.0. The number of aromatic nitrogens is 1. The maximum Gasteiger partial charge on any atom is 0.416 e. The minimum atomic E-state index is -4.37. The second-order valence-electron chi connectivity index (χ2n) is 5.81. The Hall–Kier alpha value is -3.02. The van der Waals surface area contributed by atoms with Crippen LogP contribution < -0.4 is 5.32 Å². The summed E-state index contributed by atoms with van der Waals surface area (Å²) in [6.45, 7) is 0.250. The number of halogens is 3. The quantitative estimate of drug-likeness (QED) is 0.717. The second-order valence-corrected chi connectivity index (χ2v) is 5.81.